The molecule has 0 aliphatic carbocycles. The van der Waals surface area contributed by atoms with Crippen LogP contribution in [0.3, 0.4) is 0 Å². The highest BCUT2D eigenvalue weighted by molar-refractivity contribution is 6.09. The molecule has 4 nitrogen and oxygen atoms in total. The lowest BCUT2D eigenvalue weighted by Gasteiger charge is -2.50. The molecule has 2 atom stereocenters. The average Bonchev–Trinajstić information content (AvgIpc) is 3.16. The number of piperidine rings is 3. The Morgan fingerprint density at radius 2 is 1.79 bits per heavy atom. The van der Waals surface area contributed by atoms with Crippen molar-refractivity contribution >= 4 is 27.8 Å². The van der Waals surface area contributed by atoms with E-state index in [0.717, 1.165) is 44.8 Å². The van der Waals surface area contributed by atoms with Gasteiger partial charge in [-0.3, -0.25) is 4.90 Å². The molecule has 2 aromatic heterocycles. The van der Waals surface area contributed by atoms with Gasteiger partial charge in [0.2, 0.25) is 0 Å². The van der Waals surface area contributed by atoms with Gasteiger partial charge in [-0.05, 0) is 57.0 Å². The van der Waals surface area contributed by atoms with Crippen LogP contribution in [0.15, 0.2) is 65.2 Å². The zero-order valence-electron chi connectivity index (χ0n) is 16.6. The third-order valence-electron chi connectivity index (χ3n) is 6.97. The van der Waals surface area contributed by atoms with E-state index in [2.05, 4.69) is 59.6 Å². The summed E-state index contributed by atoms with van der Waals surface area (Å²) in [7, 11) is 0. The summed E-state index contributed by atoms with van der Waals surface area (Å²) < 4.78 is 6.19. The van der Waals surface area contributed by atoms with Crippen LogP contribution in [0.2, 0.25) is 0 Å². The normalized spacial score (nSPS) is 26.2. The van der Waals surface area contributed by atoms with E-state index in [1.54, 1.807) is 0 Å². The third-order valence-corrected chi connectivity index (χ3v) is 6.97. The molecule has 0 amide bonds. The molecular formula is C25H25N3O. The van der Waals surface area contributed by atoms with E-state index < -0.39 is 0 Å². The van der Waals surface area contributed by atoms with Crippen molar-refractivity contribution in [1.29, 1.82) is 0 Å². The van der Waals surface area contributed by atoms with Gasteiger partial charge in [0.25, 0.3) is 0 Å². The van der Waals surface area contributed by atoms with Gasteiger partial charge in [0.05, 0.1) is 0 Å². The molecule has 3 fully saturated rings. The second-order valence-corrected chi connectivity index (χ2v) is 8.50. The number of anilines is 1. The highest BCUT2D eigenvalue weighted by Crippen LogP contribution is 2.36. The molecule has 3 aliphatic heterocycles. The van der Waals surface area contributed by atoms with Gasteiger partial charge >= 0.3 is 0 Å². The molecule has 1 N–H and O–H groups in total. The van der Waals surface area contributed by atoms with E-state index in [0.29, 0.717) is 12.1 Å². The number of nitrogens with one attached hydrogen (secondary N) is 1. The van der Waals surface area contributed by atoms with Crippen molar-refractivity contribution in [1.82, 2.24) is 9.88 Å². The minimum Gasteiger partial charge on any atom is -0.455 e. The second kappa shape index (κ2) is 6.60. The first-order chi connectivity index (χ1) is 14.3. The van der Waals surface area contributed by atoms with E-state index in [1.807, 2.05) is 18.3 Å². The number of aromatic nitrogens is 1. The Kier molecular flexibility index (Phi) is 3.88. The summed E-state index contributed by atoms with van der Waals surface area (Å²) in [5, 5.41) is 6.04. The minimum atomic E-state index is 0.495. The van der Waals surface area contributed by atoms with Crippen molar-refractivity contribution in [3.05, 3.63) is 60.8 Å². The molecule has 0 saturated carbocycles. The van der Waals surface area contributed by atoms with E-state index in [1.165, 1.54) is 25.9 Å². The zero-order valence-corrected chi connectivity index (χ0v) is 16.6. The van der Waals surface area contributed by atoms with Gasteiger partial charge in [-0.2, -0.15) is 0 Å². The van der Waals surface area contributed by atoms with Crippen LogP contribution in [0.4, 0.5) is 5.82 Å². The first-order valence-electron chi connectivity index (χ1n) is 10.7. The summed E-state index contributed by atoms with van der Waals surface area (Å²) in [6.45, 7) is 4.84. The Balaban J connectivity index is 1.32. The molecule has 0 radical (unpaired) electrons. The SMILES string of the molecule is CC1C(Nc2ccc(-c3cccc4c3oc3ccccc34)cn2)C2CCN1CC2. The largest absolute Gasteiger partial charge is 0.455 e. The molecule has 5 heterocycles. The summed E-state index contributed by atoms with van der Waals surface area (Å²) in [4.78, 5) is 7.36. The standard InChI is InChI=1S/C25H25N3O/c1-16-24(17-11-13-28(16)14-12-17)27-23-10-9-18(15-26-23)19-6-4-7-21-20-5-2-3-8-22(20)29-25(19)21/h2-10,15-17,24H,11-14H2,1H3,(H,26,27). The fourth-order valence-electron chi connectivity index (χ4n) is 5.33. The first-order valence-corrected chi connectivity index (χ1v) is 10.7. The van der Waals surface area contributed by atoms with Gasteiger partial charge < -0.3 is 9.73 Å². The number of nitrogens with zero attached hydrogens (tertiary/aromatic N) is 2. The van der Waals surface area contributed by atoms with Gasteiger partial charge in [-0.25, -0.2) is 4.98 Å². The number of fused-ring (bicyclic) bond motifs is 6. The lowest BCUT2D eigenvalue weighted by molar-refractivity contribution is 0.0457. The van der Waals surface area contributed by atoms with Gasteiger partial charge in [0.15, 0.2) is 0 Å². The average molecular weight is 383 g/mol. The lowest BCUT2D eigenvalue weighted by Crippen LogP contribution is -2.59. The summed E-state index contributed by atoms with van der Waals surface area (Å²) in [6, 6.07) is 19.9. The fourth-order valence-corrected chi connectivity index (χ4v) is 5.33. The molecule has 3 saturated heterocycles. The molecule has 7 rings (SSSR count). The highest BCUT2D eigenvalue weighted by atomic mass is 16.3. The minimum absolute atomic E-state index is 0.495. The fraction of sp³-hybridized carbons (Fsp3) is 0.320. The number of rotatable bonds is 3. The smallest absolute Gasteiger partial charge is 0.143 e. The molecule has 146 valence electrons. The summed E-state index contributed by atoms with van der Waals surface area (Å²) in [6.07, 6.45) is 4.57. The molecule has 4 heteroatoms. The van der Waals surface area contributed by atoms with Crippen molar-refractivity contribution in [2.75, 3.05) is 18.4 Å². The number of hydrogen-bond acceptors (Lipinski definition) is 4. The van der Waals surface area contributed by atoms with Crippen molar-refractivity contribution in [3.8, 4) is 11.1 Å². The maximum atomic E-state index is 6.19. The molecule has 2 aromatic carbocycles. The quantitative estimate of drug-likeness (QED) is 0.504. The van der Waals surface area contributed by atoms with Crippen LogP contribution < -0.4 is 5.32 Å². The van der Waals surface area contributed by atoms with Gasteiger partial charge in [0, 0.05) is 40.2 Å². The zero-order chi connectivity index (χ0) is 19.4. The monoisotopic (exact) mass is 383 g/mol. The van der Waals surface area contributed by atoms with E-state index in [-0.39, 0.29) is 0 Å². The van der Waals surface area contributed by atoms with Crippen molar-refractivity contribution in [3.63, 3.8) is 0 Å². The van der Waals surface area contributed by atoms with Gasteiger partial charge in [-0.15, -0.1) is 0 Å². The summed E-state index contributed by atoms with van der Waals surface area (Å²) in [5.74, 6) is 1.73. The summed E-state index contributed by atoms with van der Waals surface area (Å²) in [5.41, 5.74) is 4.04. The number of pyridine rings is 1. The van der Waals surface area contributed by atoms with Crippen LogP contribution in [-0.4, -0.2) is 35.1 Å². The molecule has 0 spiro atoms. The Bertz CT molecular complexity index is 1170. The maximum Gasteiger partial charge on any atom is 0.143 e. The molecule has 2 bridgehead atoms. The number of benzene rings is 2. The van der Waals surface area contributed by atoms with Crippen LogP contribution in [0, 0.1) is 5.92 Å². The number of hydrogen-bond donors (Lipinski definition) is 1. The Morgan fingerprint density at radius 1 is 0.966 bits per heavy atom. The molecule has 4 aromatic rings. The van der Waals surface area contributed by atoms with Crippen LogP contribution in [0.25, 0.3) is 33.1 Å². The predicted octanol–water partition coefficient (Wildman–Crippen LogP) is 5.54. The Labute approximate surface area is 170 Å². The van der Waals surface area contributed by atoms with Crippen molar-refractivity contribution in [2.45, 2.75) is 31.8 Å². The van der Waals surface area contributed by atoms with Crippen LogP contribution in [0.1, 0.15) is 19.8 Å². The predicted molar refractivity (Wildman–Crippen MR) is 118 cm³/mol. The Morgan fingerprint density at radius 3 is 2.59 bits per heavy atom. The van der Waals surface area contributed by atoms with E-state index in [4.69, 9.17) is 9.40 Å². The molecule has 2 unspecified atom stereocenters. The third kappa shape index (κ3) is 2.74. The van der Waals surface area contributed by atoms with Gasteiger partial charge in [0.1, 0.15) is 17.0 Å². The highest BCUT2D eigenvalue weighted by Gasteiger charge is 2.39. The van der Waals surface area contributed by atoms with E-state index >= 15 is 0 Å². The van der Waals surface area contributed by atoms with Crippen molar-refractivity contribution in [2.24, 2.45) is 5.92 Å². The molecule has 3 aliphatic rings. The maximum absolute atomic E-state index is 6.19. The van der Waals surface area contributed by atoms with Crippen LogP contribution in [0.5, 0.6) is 0 Å². The van der Waals surface area contributed by atoms with Crippen LogP contribution >= 0.6 is 0 Å². The van der Waals surface area contributed by atoms with Crippen LogP contribution in [-0.2, 0) is 0 Å². The molecule has 29 heavy (non-hydrogen) atoms. The van der Waals surface area contributed by atoms with Crippen molar-refractivity contribution < 1.29 is 4.42 Å². The topological polar surface area (TPSA) is 41.3 Å². The van der Waals surface area contributed by atoms with Gasteiger partial charge in [-0.1, -0.05) is 36.4 Å². The molecular weight excluding hydrogens is 358 g/mol. The summed E-state index contributed by atoms with van der Waals surface area (Å²) >= 11 is 0. The first kappa shape index (κ1) is 17.0. The Hall–Kier alpha value is -2.85. The number of para-hydroxylation sites is 2. The number of furan rings is 1. The van der Waals surface area contributed by atoms with E-state index in [9.17, 15) is 0 Å². The second-order valence-electron chi connectivity index (χ2n) is 8.50. The lowest BCUT2D eigenvalue weighted by atomic mass is 9.79.